The first-order chi connectivity index (χ1) is 22.6. The van der Waals surface area contributed by atoms with Gasteiger partial charge in [0.15, 0.2) is 11.8 Å². The molecule has 9 unspecified atom stereocenters. The van der Waals surface area contributed by atoms with Gasteiger partial charge >= 0.3 is 12.0 Å². The minimum atomic E-state index is -3.75. The number of amidine groups is 1. The van der Waals surface area contributed by atoms with Crippen LogP contribution in [0, 0.1) is 11.3 Å². The maximum Gasteiger partial charge on any atom is 0.326 e. The van der Waals surface area contributed by atoms with Crippen LogP contribution in [0.15, 0.2) is 0 Å². The van der Waals surface area contributed by atoms with Crippen molar-refractivity contribution in [1.82, 2.24) is 15.1 Å². The average Bonchev–Trinajstić information content (AvgIpc) is 3.11. The fraction of sp³-hybridized carbons (Fsp3) is 0.906. The number of urea groups is 1. The van der Waals surface area contributed by atoms with Gasteiger partial charge in [-0.3, -0.25) is 20.5 Å². The molecule has 2 amide bonds. The highest BCUT2D eigenvalue weighted by Gasteiger charge is 2.67. The summed E-state index contributed by atoms with van der Waals surface area (Å²) in [6.07, 6.45) is 6.15. The lowest BCUT2D eigenvalue weighted by Crippen LogP contribution is -2.70. The first-order valence-corrected chi connectivity index (χ1v) is 20.1. The van der Waals surface area contributed by atoms with E-state index in [9.17, 15) is 9.59 Å². The van der Waals surface area contributed by atoms with Crippen LogP contribution >= 0.6 is 42.9 Å². The number of ether oxygens (including phenoxy) is 3. The molecule has 0 spiro atoms. The van der Waals surface area contributed by atoms with Crippen LogP contribution in [0.25, 0.3) is 0 Å². The number of nitrogens with zero attached hydrogens (tertiary/aromatic N) is 2. The quantitative estimate of drug-likeness (QED) is 0.0859. The van der Waals surface area contributed by atoms with Gasteiger partial charge in [0.25, 0.3) is 0 Å². The first-order valence-electron chi connectivity index (χ1n) is 17.2. The number of hydrogen-bond donors (Lipinski definition) is 3. The molecule has 4 rings (SSSR count). The normalized spacial score (nSPS) is 36.6. The monoisotopic (exact) mass is 758 g/mol. The molecule has 0 aromatic heterocycles. The molecule has 4 aliphatic rings. The zero-order valence-electron chi connectivity index (χ0n) is 28.4. The van der Waals surface area contributed by atoms with Crippen molar-refractivity contribution in [2.24, 2.45) is 5.92 Å². The molecule has 2 heterocycles. The van der Waals surface area contributed by atoms with Crippen LogP contribution in [0.3, 0.4) is 0 Å². The second-order valence-electron chi connectivity index (χ2n) is 14.4. The topological polar surface area (TPSA) is 104 Å². The van der Waals surface area contributed by atoms with Gasteiger partial charge in [-0.15, -0.1) is 30.2 Å². The molecule has 10 atom stereocenters. The first kappa shape index (κ1) is 40.6. The van der Waals surface area contributed by atoms with Crippen molar-refractivity contribution in [2.75, 3.05) is 31.7 Å². The third kappa shape index (κ3) is 9.61. The summed E-state index contributed by atoms with van der Waals surface area (Å²) in [6, 6.07) is -1.53. The summed E-state index contributed by atoms with van der Waals surface area (Å²) in [5.74, 6) is -3.60. The van der Waals surface area contributed by atoms with E-state index in [0.717, 1.165) is 89.2 Å². The molecule has 2 saturated heterocycles. The van der Waals surface area contributed by atoms with Crippen LogP contribution in [0.1, 0.15) is 90.9 Å². The number of thiol groups is 1. The van der Waals surface area contributed by atoms with Crippen LogP contribution in [0.5, 0.6) is 0 Å². The van der Waals surface area contributed by atoms with Gasteiger partial charge in [0.05, 0.1) is 23.3 Å². The lowest BCUT2D eigenvalue weighted by atomic mass is 9.90. The predicted octanol–water partition coefficient (Wildman–Crippen LogP) is 6.45. The average molecular weight is 759 g/mol. The minimum absolute atomic E-state index is 0.184. The Hall–Kier alpha value is -0.200. The van der Waals surface area contributed by atoms with Gasteiger partial charge in [-0.1, -0.05) is 58.3 Å². The third-order valence-electron chi connectivity index (χ3n) is 10.2. The van der Waals surface area contributed by atoms with Gasteiger partial charge in [0, 0.05) is 18.1 Å². The van der Waals surface area contributed by atoms with Crippen LogP contribution in [-0.4, -0.2) is 112 Å². The van der Waals surface area contributed by atoms with Gasteiger partial charge in [-0.25, -0.2) is 9.18 Å². The van der Waals surface area contributed by atoms with Crippen LogP contribution in [-0.2, 0) is 19.0 Å². The second kappa shape index (κ2) is 17.1. The molecule has 2 saturated carbocycles. The molecule has 16 heteroatoms. The van der Waals surface area contributed by atoms with E-state index in [1.54, 1.807) is 11.9 Å². The molecule has 48 heavy (non-hydrogen) atoms. The highest BCUT2D eigenvalue weighted by molar-refractivity contribution is 8.00. The Morgan fingerprint density at radius 3 is 2.40 bits per heavy atom. The van der Waals surface area contributed by atoms with Crippen molar-refractivity contribution in [1.29, 1.82) is 5.41 Å². The summed E-state index contributed by atoms with van der Waals surface area (Å²) in [7, 11) is 7.19. The molecule has 0 aromatic carbocycles. The molecule has 0 bridgehead atoms. The maximum atomic E-state index is 16.9. The fourth-order valence-electron chi connectivity index (χ4n) is 7.22. The second-order valence-corrected chi connectivity index (χ2v) is 18.0. The number of thioether (sulfide) groups is 1. The molecule has 0 aromatic rings. The number of hydrogen-bond acceptors (Lipinski definition) is 9. The Kier molecular flexibility index (Phi) is 14.4. The Morgan fingerprint density at radius 2 is 1.77 bits per heavy atom. The Balaban J connectivity index is 1.63. The number of halogens is 3. The number of aldehydes is 1. The predicted molar refractivity (Wildman–Crippen MR) is 194 cm³/mol. The molecular formula is C32H55F3N4O5P2S2. The summed E-state index contributed by atoms with van der Waals surface area (Å²) in [5.41, 5.74) is -2.50. The highest BCUT2D eigenvalue weighted by atomic mass is 32.2. The number of carbonyl (C=O) groups is 2. The lowest BCUT2D eigenvalue weighted by molar-refractivity contribution is -0.187. The lowest BCUT2D eigenvalue weighted by Gasteiger charge is -2.46. The van der Waals surface area contributed by atoms with E-state index in [-0.39, 0.29) is 18.1 Å². The maximum absolute atomic E-state index is 16.9. The van der Waals surface area contributed by atoms with Gasteiger partial charge in [-0.2, -0.15) is 21.4 Å². The number of amides is 2. The molecular weight excluding hydrogens is 703 g/mol. The van der Waals surface area contributed by atoms with Gasteiger partial charge in [-0.05, 0) is 45.6 Å². The molecule has 2 aliphatic heterocycles. The SMILES string of the molecule is CC1CCCCCC(P)(OCC2OC(N3C(=O)NC(=N)C(C)(F)C3SCCN(C)[C@H](C=O)CS)C(F)(F)C2OC2(P)CCCCCC2)C1. The third-order valence-corrected chi connectivity index (χ3v) is 13.4. The van der Waals surface area contributed by atoms with E-state index < -0.39 is 64.0 Å². The summed E-state index contributed by atoms with van der Waals surface area (Å²) >= 11 is 5.12. The summed E-state index contributed by atoms with van der Waals surface area (Å²) in [5, 5.41) is 7.33. The fourth-order valence-corrected chi connectivity index (χ4v) is 10.3. The molecule has 9 nitrogen and oxygen atoms in total. The number of nitrogens with one attached hydrogen (secondary N) is 2. The smallest absolute Gasteiger partial charge is 0.326 e. The number of alkyl halides is 3. The van der Waals surface area contributed by atoms with Crippen molar-refractivity contribution in [2.45, 2.75) is 143 Å². The van der Waals surface area contributed by atoms with E-state index in [4.69, 9.17) is 19.6 Å². The molecule has 4 fully saturated rings. The van der Waals surface area contributed by atoms with E-state index in [0.29, 0.717) is 30.2 Å². The van der Waals surface area contributed by atoms with Crippen LogP contribution in [0.2, 0.25) is 0 Å². The zero-order valence-corrected chi connectivity index (χ0v) is 32.5. The number of carbonyl (C=O) groups excluding carboxylic acids is 2. The van der Waals surface area contributed by atoms with Crippen molar-refractivity contribution >= 4 is 61.0 Å². The van der Waals surface area contributed by atoms with Gasteiger partial charge in [0.2, 0.25) is 6.23 Å². The van der Waals surface area contributed by atoms with Crippen LogP contribution in [0.4, 0.5) is 18.0 Å². The van der Waals surface area contributed by atoms with Crippen molar-refractivity contribution in [3.05, 3.63) is 0 Å². The molecule has 0 radical (unpaired) electrons. The molecule has 276 valence electrons. The highest BCUT2D eigenvalue weighted by Crippen LogP contribution is 2.49. The minimum Gasteiger partial charge on any atom is -0.368 e. The summed E-state index contributed by atoms with van der Waals surface area (Å²) in [4.78, 5) is 27.3. The Morgan fingerprint density at radius 1 is 1.15 bits per heavy atom. The van der Waals surface area contributed by atoms with Gasteiger partial charge in [0.1, 0.15) is 23.6 Å². The van der Waals surface area contributed by atoms with E-state index in [1.165, 1.54) is 0 Å². The van der Waals surface area contributed by atoms with E-state index >= 15 is 13.2 Å². The number of likely N-dealkylation sites (N-methyl/N-ethyl adjacent to an activating group) is 1. The van der Waals surface area contributed by atoms with Crippen molar-refractivity contribution in [3.63, 3.8) is 0 Å². The largest absolute Gasteiger partial charge is 0.368 e. The number of rotatable bonds is 13. The van der Waals surface area contributed by atoms with Crippen molar-refractivity contribution < 1.29 is 37.0 Å². The molecule has 2 N–H and O–H groups in total. The summed E-state index contributed by atoms with van der Waals surface area (Å²) < 4.78 is 69.2. The Bertz CT molecular complexity index is 1130. The zero-order chi connectivity index (χ0) is 35.3. The van der Waals surface area contributed by atoms with E-state index in [1.807, 2.05) is 0 Å². The standard InChI is InChI=1S/C32H55F3N4O5P2S2/c1-21-11-7-6-10-14-31(46,17-21)42-19-23-24(44-30(45)12-8-4-5-9-13-30)32(34,35)26(43-23)39-27(29(2,33)25(36)37-28(39)41)48-16-15-38(3)22(18-40)20-47/h18,21-24,26-27,47H,4-17,19-20,45-46H2,1-3H3,(H2,36,37,41)/t21?,22-,23?,24?,26?,27?,29?,31?/m1/s1. The van der Waals surface area contributed by atoms with Gasteiger partial charge < -0.3 is 19.0 Å². The van der Waals surface area contributed by atoms with Crippen LogP contribution < -0.4 is 5.32 Å². The van der Waals surface area contributed by atoms with Crippen molar-refractivity contribution in [3.8, 4) is 0 Å². The molecule has 2 aliphatic carbocycles. The van der Waals surface area contributed by atoms with E-state index in [2.05, 4.69) is 43.3 Å². The Labute approximate surface area is 298 Å². The summed E-state index contributed by atoms with van der Waals surface area (Å²) in [6.45, 7) is 3.38.